The summed E-state index contributed by atoms with van der Waals surface area (Å²) in [5.41, 5.74) is -0.682. The van der Waals surface area contributed by atoms with Gasteiger partial charge in [0.05, 0.1) is 29.6 Å². The standard InChI is InChI=1S/C21H18F4N6O/c22-15-3-1-2-14(19(15)31-27-6-7-28-31)20(32)30-11-12-8-16(17(30)9-12)29-18-5-4-13(10-26-18)21(23,24)25/h1-7,10,12,16-17H,8-9,11H2,(H,26,29). The molecule has 1 saturated carbocycles. The number of fused-ring (bicyclic) bond motifs is 2. The molecule has 1 amide bonds. The Morgan fingerprint density at radius 1 is 1.09 bits per heavy atom. The van der Waals surface area contributed by atoms with Gasteiger partial charge in [-0.3, -0.25) is 4.79 Å². The van der Waals surface area contributed by atoms with E-state index in [0.717, 1.165) is 29.9 Å². The number of nitrogens with one attached hydrogen (secondary N) is 1. The molecular weight excluding hydrogens is 428 g/mol. The molecule has 1 aromatic carbocycles. The van der Waals surface area contributed by atoms with Gasteiger partial charge >= 0.3 is 6.18 Å². The third-order valence-electron chi connectivity index (χ3n) is 6.00. The Kier molecular flexibility index (Phi) is 4.83. The Morgan fingerprint density at radius 3 is 2.53 bits per heavy atom. The number of likely N-dealkylation sites (tertiary alicyclic amines) is 1. The Hall–Kier alpha value is -3.50. The SMILES string of the molecule is O=C(c1cccc(F)c1-n1nccn1)N1CC2CC(Nc3ccc(C(F)(F)F)cn3)C1C2. The van der Waals surface area contributed by atoms with Crippen LogP contribution in [0.2, 0.25) is 0 Å². The van der Waals surface area contributed by atoms with Crippen molar-refractivity contribution in [2.24, 2.45) is 5.92 Å². The molecule has 7 nitrogen and oxygen atoms in total. The number of aromatic nitrogens is 4. The van der Waals surface area contributed by atoms with Crippen molar-refractivity contribution in [2.75, 3.05) is 11.9 Å². The van der Waals surface area contributed by atoms with Gasteiger partial charge in [0.25, 0.3) is 5.91 Å². The number of para-hydroxylation sites is 1. The zero-order valence-electron chi connectivity index (χ0n) is 16.6. The number of benzene rings is 1. The molecular formula is C21H18F4N6O. The van der Waals surface area contributed by atoms with E-state index in [1.807, 2.05) is 0 Å². The van der Waals surface area contributed by atoms with Crippen LogP contribution < -0.4 is 5.32 Å². The maximum Gasteiger partial charge on any atom is 0.417 e. The molecule has 5 rings (SSSR count). The number of carbonyl (C=O) groups is 1. The van der Waals surface area contributed by atoms with E-state index in [1.165, 1.54) is 36.7 Å². The summed E-state index contributed by atoms with van der Waals surface area (Å²) in [4.78, 5) is 20.0. The van der Waals surface area contributed by atoms with Gasteiger partial charge in [0, 0.05) is 18.8 Å². The van der Waals surface area contributed by atoms with Crippen LogP contribution in [0.25, 0.3) is 5.69 Å². The Balaban J connectivity index is 1.37. The number of carbonyl (C=O) groups excluding carboxylic acids is 1. The number of anilines is 1. The van der Waals surface area contributed by atoms with E-state index >= 15 is 0 Å². The number of amides is 1. The molecule has 32 heavy (non-hydrogen) atoms. The minimum atomic E-state index is -4.45. The van der Waals surface area contributed by atoms with Gasteiger partial charge in [-0.1, -0.05) is 6.07 Å². The molecule has 2 bridgehead atoms. The fraction of sp³-hybridized carbons (Fsp3) is 0.333. The molecule has 166 valence electrons. The van der Waals surface area contributed by atoms with Gasteiger partial charge in [-0.25, -0.2) is 9.37 Å². The molecule has 3 atom stereocenters. The van der Waals surface area contributed by atoms with E-state index in [-0.39, 0.29) is 35.2 Å². The zero-order valence-corrected chi connectivity index (χ0v) is 16.6. The molecule has 0 spiro atoms. The third-order valence-corrected chi connectivity index (χ3v) is 6.00. The molecule has 1 N–H and O–H groups in total. The Labute approximate surface area is 180 Å². The first kappa shape index (κ1) is 20.4. The van der Waals surface area contributed by atoms with Gasteiger partial charge in [0.15, 0.2) is 5.82 Å². The summed E-state index contributed by atoms with van der Waals surface area (Å²) < 4.78 is 52.9. The number of alkyl halides is 3. The summed E-state index contributed by atoms with van der Waals surface area (Å²) in [5.74, 6) is -0.387. The molecule has 1 aliphatic heterocycles. The number of nitrogens with zero attached hydrogens (tertiary/aromatic N) is 5. The van der Waals surface area contributed by atoms with Crippen LogP contribution in [0.1, 0.15) is 28.8 Å². The Morgan fingerprint density at radius 2 is 1.88 bits per heavy atom. The second kappa shape index (κ2) is 7.57. The van der Waals surface area contributed by atoms with Crippen LogP contribution in [0, 0.1) is 11.7 Å². The van der Waals surface area contributed by atoms with Crippen molar-refractivity contribution in [2.45, 2.75) is 31.1 Å². The van der Waals surface area contributed by atoms with Gasteiger partial charge in [-0.05, 0) is 43.0 Å². The third kappa shape index (κ3) is 3.57. The topological polar surface area (TPSA) is 75.9 Å². The molecule has 2 aromatic heterocycles. The lowest BCUT2D eigenvalue weighted by atomic mass is 10.0. The summed E-state index contributed by atoms with van der Waals surface area (Å²) in [6.45, 7) is 0.532. The first-order valence-electron chi connectivity index (χ1n) is 10.1. The van der Waals surface area contributed by atoms with Gasteiger partial charge in [0.1, 0.15) is 11.5 Å². The van der Waals surface area contributed by atoms with Crippen LogP contribution in [0.15, 0.2) is 48.9 Å². The van der Waals surface area contributed by atoms with Crippen LogP contribution in [-0.4, -0.2) is 49.4 Å². The Bertz CT molecular complexity index is 1130. The molecule has 3 unspecified atom stereocenters. The molecule has 1 saturated heterocycles. The number of pyridine rings is 1. The molecule has 1 aliphatic carbocycles. The average molecular weight is 446 g/mol. The zero-order chi connectivity index (χ0) is 22.5. The minimum absolute atomic E-state index is 0.0146. The number of hydrogen-bond acceptors (Lipinski definition) is 5. The molecule has 11 heteroatoms. The first-order chi connectivity index (χ1) is 15.3. The monoisotopic (exact) mass is 446 g/mol. The first-order valence-corrected chi connectivity index (χ1v) is 10.1. The van der Waals surface area contributed by atoms with Crippen LogP contribution in [0.4, 0.5) is 23.4 Å². The predicted octanol–water partition coefficient (Wildman–Crippen LogP) is 3.54. The van der Waals surface area contributed by atoms with Crippen molar-refractivity contribution in [3.63, 3.8) is 0 Å². The summed E-state index contributed by atoms with van der Waals surface area (Å²) in [6, 6.07) is 6.16. The van der Waals surface area contributed by atoms with Crippen molar-refractivity contribution in [3.05, 3.63) is 65.9 Å². The second-order valence-electron chi connectivity index (χ2n) is 8.00. The van der Waals surface area contributed by atoms with E-state index in [1.54, 1.807) is 4.90 Å². The van der Waals surface area contributed by atoms with E-state index < -0.39 is 17.6 Å². The number of piperidine rings is 1. The quantitative estimate of drug-likeness (QED) is 0.621. The maximum absolute atomic E-state index is 14.6. The number of rotatable bonds is 4. The maximum atomic E-state index is 14.6. The molecule has 2 fully saturated rings. The van der Waals surface area contributed by atoms with Crippen molar-refractivity contribution in [1.82, 2.24) is 24.9 Å². The minimum Gasteiger partial charge on any atom is -0.365 e. The van der Waals surface area contributed by atoms with Crippen LogP contribution in [0.5, 0.6) is 0 Å². The lowest BCUT2D eigenvalue weighted by Gasteiger charge is -2.34. The summed E-state index contributed by atoms with van der Waals surface area (Å²) in [5, 5.41) is 11.1. The number of halogens is 4. The predicted molar refractivity (Wildman–Crippen MR) is 106 cm³/mol. The highest BCUT2D eigenvalue weighted by Gasteiger charge is 2.47. The van der Waals surface area contributed by atoms with Gasteiger partial charge in [-0.2, -0.15) is 23.4 Å². The summed E-state index contributed by atoms with van der Waals surface area (Å²) in [6.07, 6.45) is 0.662. The molecule has 3 aromatic rings. The summed E-state index contributed by atoms with van der Waals surface area (Å²) in [7, 11) is 0. The fourth-order valence-corrected chi connectivity index (χ4v) is 4.63. The highest BCUT2D eigenvalue weighted by Crippen LogP contribution is 2.40. The van der Waals surface area contributed by atoms with Crippen molar-refractivity contribution in [3.8, 4) is 5.69 Å². The smallest absolute Gasteiger partial charge is 0.365 e. The van der Waals surface area contributed by atoms with Gasteiger partial charge < -0.3 is 10.2 Å². The van der Waals surface area contributed by atoms with E-state index in [0.29, 0.717) is 12.4 Å². The van der Waals surface area contributed by atoms with E-state index in [2.05, 4.69) is 20.5 Å². The normalized spacial score (nSPS) is 22.4. The van der Waals surface area contributed by atoms with E-state index in [9.17, 15) is 22.4 Å². The van der Waals surface area contributed by atoms with Gasteiger partial charge in [0.2, 0.25) is 0 Å². The molecule has 0 radical (unpaired) electrons. The second-order valence-corrected chi connectivity index (χ2v) is 8.00. The lowest BCUT2D eigenvalue weighted by molar-refractivity contribution is -0.137. The van der Waals surface area contributed by atoms with Crippen molar-refractivity contribution >= 4 is 11.7 Å². The van der Waals surface area contributed by atoms with E-state index in [4.69, 9.17) is 0 Å². The lowest BCUT2D eigenvalue weighted by Crippen LogP contribution is -2.48. The highest BCUT2D eigenvalue weighted by molar-refractivity contribution is 5.98. The fourth-order valence-electron chi connectivity index (χ4n) is 4.63. The van der Waals surface area contributed by atoms with Crippen LogP contribution in [0.3, 0.4) is 0 Å². The molecule has 3 heterocycles. The number of hydrogen-bond donors (Lipinski definition) is 1. The van der Waals surface area contributed by atoms with Crippen LogP contribution >= 0.6 is 0 Å². The van der Waals surface area contributed by atoms with Crippen molar-refractivity contribution < 1.29 is 22.4 Å². The summed E-state index contributed by atoms with van der Waals surface area (Å²) >= 11 is 0. The average Bonchev–Trinajstić information content (AvgIpc) is 3.50. The largest absolute Gasteiger partial charge is 0.417 e. The van der Waals surface area contributed by atoms with Gasteiger partial charge in [-0.15, -0.1) is 4.80 Å². The van der Waals surface area contributed by atoms with Crippen LogP contribution in [-0.2, 0) is 6.18 Å². The molecule has 2 aliphatic rings. The van der Waals surface area contributed by atoms with Crippen molar-refractivity contribution in [1.29, 1.82) is 0 Å². The highest BCUT2D eigenvalue weighted by atomic mass is 19.4.